The smallest absolute Gasteiger partial charge is 0.224 e. The lowest BCUT2D eigenvalue weighted by Crippen LogP contribution is -2.38. The van der Waals surface area contributed by atoms with Crippen LogP contribution in [0.1, 0.15) is 32.8 Å². The Labute approximate surface area is 186 Å². The number of carbonyl (C=O) groups is 1. The molecule has 6 nitrogen and oxygen atoms in total. The maximum atomic E-state index is 12.0. The highest BCUT2D eigenvalue weighted by Crippen LogP contribution is 2.12. The Morgan fingerprint density at radius 2 is 1.86 bits per heavy atom. The van der Waals surface area contributed by atoms with Crippen molar-refractivity contribution < 1.29 is 9.53 Å². The first-order chi connectivity index (χ1) is 13.1. The molecule has 0 bridgehead atoms. The van der Waals surface area contributed by atoms with Gasteiger partial charge in [-0.25, -0.2) is 0 Å². The van der Waals surface area contributed by atoms with Gasteiger partial charge < -0.3 is 20.3 Å². The maximum Gasteiger partial charge on any atom is 0.224 e. The molecule has 0 heterocycles. The molecule has 0 spiro atoms. The molecule has 1 rings (SSSR count). The number of guanidine groups is 1. The van der Waals surface area contributed by atoms with E-state index in [1.807, 2.05) is 49.9 Å². The zero-order chi connectivity index (χ0) is 19.9. The van der Waals surface area contributed by atoms with Crippen molar-refractivity contribution in [2.24, 2.45) is 4.99 Å². The summed E-state index contributed by atoms with van der Waals surface area (Å²) in [6, 6.07) is 7.90. The number of hydrogen-bond donors (Lipinski definition) is 2. The van der Waals surface area contributed by atoms with E-state index in [1.165, 1.54) is 5.56 Å². The van der Waals surface area contributed by atoms with Gasteiger partial charge in [0.1, 0.15) is 12.4 Å². The second-order valence-electron chi connectivity index (χ2n) is 5.89. The van der Waals surface area contributed by atoms with Crippen LogP contribution in [0, 0.1) is 12.3 Å². The first kappa shape index (κ1) is 26.1. The summed E-state index contributed by atoms with van der Waals surface area (Å²) in [5.41, 5.74) is 1.20. The lowest BCUT2D eigenvalue weighted by molar-refractivity contribution is -0.130. The molecule has 0 atom stereocenters. The Hall–Kier alpha value is -1.95. The van der Waals surface area contributed by atoms with Gasteiger partial charge in [-0.3, -0.25) is 9.79 Å². The molecule has 1 aromatic carbocycles. The molecule has 0 aliphatic carbocycles. The molecule has 0 aliphatic heterocycles. The molecule has 0 aromatic heterocycles. The first-order valence-corrected chi connectivity index (χ1v) is 9.59. The van der Waals surface area contributed by atoms with Crippen molar-refractivity contribution in [2.45, 2.75) is 33.6 Å². The van der Waals surface area contributed by atoms with Crippen LogP contribution in [0.3, 0.4) is 0 Å². The van der Waals surface area contributed by atoms with Crippen molar-refractivity contribution in [3.8, 4) is 18.1 Å². The van der Waals surface area contributed by atoms with E-state index in [2.05, 4.69) is 21.5 Å². The Morgan fingerprint density at radius 1 is 1.18 bits per heavy atom. The summed E-state index contributed by atoms with van der Waals surface area (Å²) in [6.07, 6.45) is 6.47. The van der Waals surface area contributed by atoms with Crippen LogP contribution in [0.5, 0.6) is 5.75 Å². The van der Waals surface area contributed by atoms with Crippen LogP contribution in [0.4, 0.5) is 0 Å². The molecule has 1 amide bonds. The number of rotatable bonds is 11. The Balaban J connectivity index is 0.00000729. The minimum absolute atomic E-state index is 0. The van der Waals surface area contributed by atoms with Gasteiger partial charge in [0.25, 0.3) is 0 Å². The van der Waals surface area contributed by atoms with Crippen LogP contribution in [0.15, 0.2) is 29.3 Å². The van der Waals surface area contributed by atoms with E-state index < -0.39 is 0 Å². The largest absolute Gasteiger partial charge is 0.481 e. The lowest BCUT2D eigenvalue weighted by atomic mass is 10.1. The van der Waals surface area contributed by atoms with Gasteiger partial charge in [-0.1, -0.05) is 18.1 Å². The van der Waals surface area contributed by atoms with Crippen LogP contribution in [-0.4, -0.2) is 56.1 Å². The minimum atomic E-state index is 0. The fourth-order valence-corrected chi connectivity index (χ4v) is 2.54. The third-order valence-electron chi connectivity index (χ3n) is 4.01. The summed E-state index contributed by atoms with van der Waals surface area (Å²) in [5.74, 6) is 4.11. The predicted molar refractivity (Wildman–Crippen MR) is 126 cm³/mol. The Morgan fingerprint density at radius 3 is 2.43 bits per heavy atom. The van der Waals surface area contributed by atoms with Gasteiger partial charge in [0, 0.05) is 32.6 Å². The van der Waals surface area contributed by atoms with E-state index in [-0.39, 0.29) is 36.5 Å². The highest BCUT2D eigenvalue weighted by atomic mass is 127. The minimum Gasteiger partial charge on any atom is -0.481 e. The molecular weight excluding hydrogens is 467 g/mol. The molecule has 2 N–H and O–H groups in total. The highest BCUT2D eigenvalue weighted by Gasteiger charge is 2.08. The predicted octanol–water partition coefficient (Wildman–Crippen LogP) is 2.67. The van der Waals surface area contributed by atoms with E-state index in [9.17, 15) is 4.79 Å². The van der Waals surface area contributed by atoms with Gasteiger partial charge in [-0.05, 0) is 44.9 Å². The van der Waals surface area contributed by atoms with Crippen LogP contribution in [0.2, 0.25) is 0 Å². The van der Waals surface area contributed by atoms with Gasteiger partial charge in [-0.2, -0.15) is 0 Å². The van der Waals surface area contributed by atoms with E-state index in [1.54, 1.807) is 0 Å². The third kappa shape index (κ3) is 10.4. The number of ether oxygens (including phenoxy) is 1. The van der Waals surface area contributed by atoms with Gasteiger partial charge >= 0.3 is 0 Å². The quantitative estimate of drug-likeness (QED) is 0.212. The van der Waals surface area contributed by atoms with Crippen LogP contribution >= 0.6 is 24.0 Å². The summed E-state index contributed by atoms with van der Waals surface area (Å²) in [4.78, 5) is 18.3. The second-order valence-corrected chi connectivity index (χ2v) is 5.89. The van der Waals surface area contributed by atoms with Crippen LogP contribution < -0.4 is 15.4 Å². The highest BCUT2D eigenvalue weighted by molar-refractivity contribution is 14.0. The van der Waals surface area contributed by atoms with Crippen molar-refractivity contribution in [2.75, 3.05) is 39.3 Å². The summed E-state index contributed by atoms with van der Waals surface area (Å²) in [7, 11) is 0. The van der Waals surface area contributed by atoms with Crippen molar-refractivity contribution >= 4 is 35.8 Å². The lowest BCUT2D eigenvalue weighted by Gasteiger charge is -2.18. The van der Waals surface area contributed by atoms with Crippen molar-refractivity contribution in [3.05, 3.63) is 29.8 Å². The van der Waals surface area contributed by atoms with Crippen molar-refractivity contribution in [3.63, 3.8) is 0 Å². The average molecular weight is 500 g/mol. The second kappa shape index (κ2) is 16.0. The molecule has 28 heavy (non-hydrogen) atoms. The molecule has 156 valence electrons. The number of terminal acetylenes is 1. The molecule has 1 aromatic rings. The molecular formula is C21H33IN4O2. The van der Waals surface area contributed by atoms with E-state index in [0.29, 0.717) is 13.0 Å². The number of carbonyl (C=O) groups excluding carboxylic acids is 1. The van der Waals surface area contributed by atoms with E-state index >= 15 is 0 Å². The molecule has 0 unspecified atom stereocenters. The summed E-state index contributed by atoms with van der Waals surface area (Å²) in [6.45, 7) is 9.76. The first-order valence-electron chi connectivity index (χ1n) is 9.59. The topological polar surface area (TPSA) is 66.0 Å². The summed E-state index contributed by atoms with van der Waals surface area (Å²) in [5, 5.41) is 6.51. The van der Waals surface area contributed by atoms with E-state index in [4.69, 9.17) is 11.2 Å². The number of hydrogen-bond acceptors (Lipinski definition) is 3. The van der Waals surface area contributed by atoms with Crippen molar-refractivity contribution in [1.29, 1.82) is 0 Å². The maximum absolute atomic E-state index is 12.0. The van der Waals surface area contributed by atoms with Gasteiger partial charge in [0.15, 0.2) is 5.96 Å². The number of halogens is 1. The average Bonchev–Trinajstić information content (AvgIpc) is 2.68. The number of benzene rings is 1. The Bertz CT molecular complexity index is 622. The summed E-state index contributed by atoms with van der Waals surface area (Å²) >= 11 is 0. The van der Waals surface area contributed by atoms with Crippen LogP contribution in [0.25, 0.3) is 0 Å². The molecule has 0 saturated carbocycles. The zero-order valence-electron chi connectivity index (χ0n) is 17.2. The fraction of sp³-hybridized carbons (Fsp3) is 0.524. The molecule has 0 aliphatic rings. The van der Waals surface area contributed by atoms with Gasteiger partial charge in [-0.15, -0.1) is 30.4 Å². The third-order valence-corrected chi connectivity index (χ3v) is 4.01. The SMILES string of the molecule is C#CCOc1ccc(CCNC(=NCCC(=O)N(CC)CC)NCC)cc1.I. The number of aliphatic imine (C=N–C) groups is 1. The zero-order valence-corrected chi connectivity index (χ0v) is 19.5. The molecule has 0 saturated heterocycles. The van der Waals surface area contributed by atoms with Gasteiger partial charge in [0.05, 0.1) is 6.54 Å². The Kier molecular flexibility index (Phi) is 14.9. The standard InChI is InChI=1S/C21H32N4O2.HI/c1-5-17-27-19-11-9-18(10-12-19)13-15-23-21(22-6-2)24-16-14-20(26)25(7-3)8-4;/h1,9-12H,6-8,13-17H2,2-4H3,(H2,22,23,24);1H. The fourth-order valence-electron chi connectivity index (χ4n) is 2.54. The van der Waals surface area contributed by atoms with Gasteiger partial charge in [0.2, 0.25) is 5.91 Å². The van der Waals surface area contributed by atoms with Crippen LogP contribution in [-0.2, 0) is 11.2 Å². The number of nitrogens with one attached hydrogen (secondary N) is 2. The van der Waals surface area contributed by atoms with E-state index in [0.717, 1.165) is 44.3 Å². The molecule has 7 heteroatoms. The monoisotopic (exact) mass is 500 g/mol. The molecule has 0 radical (unpaired) electrons. The normalized spacial score (nSPS) is 10.4. The summed E-state index contributed by atoms with van der Waals surface area (Å²) < 4.78 is 5.37. The number of nitrogens with zero attached hydrogens (tertiary/aromatic N) is 2. The van der Waals surface area contributed by atoms with Crippen molar-refractivity contribution in [1.82, 2.24) is 15.5 Å². The molecule has 0 fully saturated rings. The number of amides is 1.